The minimum absolute atomic E-state index is 0.0452. The van der Waals surface area contributed by atoms with E-state index in [1.54, 1.807) is 6.92 Å². The van der Waals surface area contributed by atoms with Gasteiger partial charge in [0.15, 0.2) is 5.69 Å². The number of carbonyl (C=O) groups is 2. The number of likely N-dealkylation sites (tertiary alicyclic amines) is 1. The predicted octanol–water partition coefficient (Wildman–Crippen LogP) is 2.90. The third-order valence-corrected chi connectivity index (χ3v) is 8.50. The molecule has 3 fully saturated rings. The molecule has 0 spiro atoms. The maximum Gasteiger partial charge on any atom is 0.272 e. The van der Waals surface area contributed by atoms with E-state index >= 15 is 0 Å². The molecule has 1 aromatic heterocycles. The minimum Gasteiger partial charge on any atom is -0.348 e. The van der Waals surface area contributed by atoms with E-state index in [4.69, 9.17) is 0 Å². The number of carbonyl (C=O) groups excluding carboxylic acids is 2. The summed E-state index contributed by atoms with van der Waals surface area (Å²) >= 11 is 0. The quantitative estimate of drug-likeness (QED) is 0.660. The minimum atomic E-state index is -0.0452. The van der Waals surface area contributed by atoms with E-state index in [-0.39, 0.29) is 23.9 Å². The molecule has 0 radical (unpaired) electrons. The summed E-state index contributed by atoms with van der Waals surface area (Å²) in [5.74, 6) is 0.110. The van der Waals surface area contributed by atoms with E-state index in [9.17, 15) is 9.59 Å². The van der Waals surface area contributed by atoms with E-state index < -0.39 is 0 Å². The Kier molecular flexibility index (Phi) is 6.86. The first-order valence-electron chi connectivity index (χ1n) is 13.3. The highest BCUT2D eigenvalue weighted by molar-refractivity contribution is 6.05. The molecule has 2 aromatic rings. The summed E-state index contributed by atoms with van der Waals surface area (Å²) in [5.41, 5.74) is 1.56. The van der Waals surface area contributed by atoms with Crippen LogP contribution < -0.4 is 5.32 Å². The number of hydrogen-bond donors (Lipinski definition) is 1. The molecule has 3 saturated heterocycles. The van der Waals surface area contributed by atoms with Crippen LogP contribution in [0, 0.1) is 0 Å². The summed E-state index contributed by atoms with van der Waals surface area (Å²) in [5, 5.41) is 8.96. The number of piperidine rings is 1. The van der Waals surface area contributed by atoms with Crippen molar-refractivity contribution >= 4 is 22.7 Å². The fraction of sp³-hybridized carbons (Fsp3) is 0.667. The normalized spacial score (nSPS) is 27.1. The SMILES string of the molecule is CC(=O)N(C)[C@@H]1CCN(CCN2[C@@H]3CC[C@H]2CC(NC(=O)c2nn(C(C)C)c4ccccc24)C3)C1. The van der Waals surface area contributed by atoms with Gasteiger partial charge in [-0.15, -0.1) is 0 Å². The highest BCUT2D eigenvalue weighted by atomic mass is 16.2. The Labute approximate surface area is 208 Å². The molecule has 8 nitrogen and oxygen atoms in total. The number of hydrogen-bond acceptors (Lipinski definition) is 5. The fourth-order valence-electron chi connectivity index (χ4n) is 6.51. The van der Waals surface area contributed by atoms with Crippen molar-refractivity contribution in [1.29, 1.82) is 0 Å². The Bertz CT molecular complexity index is 1070. The lowest BCUT2D eigenvalue weighted by Crippen LogP contribution is -2.52. The van der Waals surface area contributed by atoms with E-state index in [0.29, 0.717) is 23.8 Å². The van der Waals surface area contributed by atoms with Gasteiger partial charge in [-0.25, -0.2) is 0 Å². The zero-order valence-corrected chi connectivity index (χ0v) is 21.6. The second-order valence-electron chi connectivity index (χ2n) is 11.0. The first-order valence-corrected chi connectivity index (χ1v) is 13.3. The van der Waals surface area contributed by atoms with Crippen molar-refractivity contribution in [3.63, 3.8) is 0 Å². The standard InChI is InChI=1S/C27H40N6O2/c1-18(2)33-25-8-6-5-7-24(25)26(29-33)27(35)28-20-15-21-9-10-22(16-20)32(21)14-13-31-12-11-23(17-31)30(4)19(3)34/h5-8,18,20-23H,9-17H2,1-4H3,(H,28,35)/t20?,21-,22+,23-/m1/s1. The van der Waals surface area contributed by atoms with Crippen LogP contribution in [0.1, 0.15) is 69.4 Å². The van der Waals surface area contributed by atoms with Gasteiger partial charge in [0.25, 0.3) is 5.91 Å². The number of benzene rings is 1. The van der Waals surface area contributed by atoms with Gasteiger partial charge in [-0.05, 0) is 52.0 Å². The van der Waals surface area contributed by atoms with Gasteiger partial charge in [0, 0.05) is 75.7 Å². The number of amides is 2. The van der Waals surface area contributed by atoms with Crippen molar-refractivity contribution in [2.45, 2.75) is 83.1 Å². The van der Waals surface area contributed by atoms with Crippen LogP contribution in [0.4, 0.5) is 0 Å². The van der Waals surface area contributed by atoms with E-state index in [0.717, 1.165) is 56.3 Å². The molecule has 3 aliphatic rings. The van der Waals surface area contributed by atoms with Crippen LogP contribution in [0.3, 0.4) is 0 Å². The molecule has 1 unspecified atom stereocenters. The molecule has 5 rings (SSSR count). The highest BCUT2D eigenvalue weighted by Gasteiger charge is 2.41. The summed E-state index contributed by atoms with van der Waals surface area (Å²) in [7, 11) is 1.92. The van der Waals surface area contributed by atoms with Crippen molar-refractivity contribution < 1.29 is 9.59 Å². The molecule has 4 atom stereocenters. The van der Waals surface area contributed by atoms with Crippen LogP contribution in [0.5, 0.6) is 0 Å². The molecule has 2 bridgehead atoms. The second kappa shape index (κ2) is 9.90. The summed E-state index contributed by atoms with van der Waals surface area (Å²) in [6.45, 7) is 10.0. The smallest absolute Gasteiger partial charge is 0.272 e. The zero-order valence-electron chi connectivity index (χ0n) is 21.6. The van der Waals surface area contributed by atoms with Crippen LogP contribution in [0.2, 0.25) is 0 Å². The Hall–Kier alpha value is -2.45. The molecule has 35 heavy (non-hydrogen) atoms. The fourth-order valence-corrected chi connectivity index (χ4v) is 6.51. The maximum atomic E-state index is 13.3. The van der Waals surface area contributed by atoms with Crippen LogP contribution in [-0.2, 0) is 4.79 Å². The molecule has 190 valence electrons. The number of para-hydroxylation sites is 1. The molecule has 1 aromatic carbocycles. The molecule has 8 heteroatoms. The molecular formula is C27H40N6O2. The molecule has 2 amide bonds. The average Bonchev–Trinajstić information content (AvgIpc) is 3.51. The first-order chi connectivity index (χ1) is 16.8. The van der Waals surface area contributed by atoms with E-state index in [2.05, 4.69) is 34.1 Å². The number of fused-ring (bicyclic) bond motifs is 3. The van der Waals surface area contributed by atoms with E-state index in [1.165, 1.54) is 12.8 Å². The molecular weight excluding hydrogens is 440 g/mol. The number of aromatic nitrogens is 2. The zero-order chi connectivity index (χ0) is 24.7. The number of nitrogens with zero attached hydrogens (tertiary/aromatic N) is 5. The van der Waals surface area contributed by atoms with Crippen molar-refractivity contribution in [2.75, 3.05) is 33.2 Å². The molecule has 4 heterocycles. The molecule has 3 aliphatic heterocycles. The Morgan fingerprint density at radius 3 is 2.51 bits per heavy atom. The van der Waals surface area contributed by atoms with Gasteiger partial charge in [0.2, 0.25) is 5.91 Å². The lowest BCUT2D eigenvalue weighted by molar-refractivity contribution is -0.129. The van der Waals surface area contributed by atoms with Gasteiger partial charge in [0.1, 0.15) is 0 Å². The van der Waals surface area contributed by atoms with Gasteiger partial charge in [-0.2, -0.15) is 5.10 Å². The summed E-state index contributed by atoms with van der Waals surface area (Å²) < 4.78 is 1.95. The molecule has 0 aliphatic carbocycles. The van der Waals surface area contributed by atoms with Crippen molar-refractivity contribution in [1.82, 2.24) is 29.8 Å². The Morgan fingerprint density at radius 2 is 1.83 bits per heavy atom. The van der Waals surface area contributed by atoms with Gasteiger partial charge in [-0.1, -0.05) is 18.2 Å². The summed E-state index contributed by atoms with van der Waals surface area (Å²) in [4.78, 5) is 32.1. The Morgan fingerprint density at radius 1 is 1.11 bits per heavy atom. The highest BCUT2D eigenvalue weighted by Crippen LogP contribution is 2.36. The summed E-state index contributed by atoms with van der Waals surface area (Å²) in [6, 6.07) is 9.86. The van der Waals surface area contributed by atoms with Crippen molar-refractivity contribution in [3.05, 3.63) is 30.0 Å². The van der Waals surface area contributed by atoms with Crippen LogP contribution in [0.15, 0.2) is 24.3 Å². The monoisotopic (exact) mass is 480 g/mol. The third kappa shape index (κ3) is 4.83. The van der Waals surface area contributed by atoms with Gasteiger partial charge < -0.3 is 10.2 Å². The third-order valence-electron chi connectivity index (χ3n) is 8.50. The largest absolute Gasteiger partial charge is 0.348 e. The van der Waals surface area contributed by atoms with Gasteiger partial charge in [0.05, 0.1) is 5.52 Å². The molecule has 1 N–H and O–H groups in total. The van der Waals surface area contributed by atoms with Crippen LogP contribution >= 0.6 is 0 Å². The number of rotatable bonds is 7. The lowest BCUT2D eigenvalue weighted by Gasteiger charge is -2.39. The van der Waals surface area contributed by atoms with E-state index in [1.807, 2.05) is 40.9 Å². The predicted molar refractivity (Wildman–Crippen MR) is 137 cm³/mol. The van der Waals surface area contributed by atoms with Crippen molar-refractivity contribution in [3.8, 4) is 0 Å². The topological polar surface area (TPSA) is 73.7 Å². The van der Waals surface area contributed by atoms with Crippen molar-refractivity contribution in [2.24, 2.45) is 0 Å². The van der Waals surface area contributed by atoms with Gasteiger partial charge >= 0.3 is 0 Å². The van der Waals surface area contributed by atoms with Crippen LogP contribution in [-0.4, -0.2) is 93.7 Å². The second-order valence-corrected chi connectivity index (χ2v) is 11.0. The summed E-state index contributed by atoms with van der Waals surface area (Å²) in [6.07, 6.45) is 5.54. The maximum absolute atomic E-state index is 13.3. The lowest BCUT2D eigenvalue weighted by atomic mass is 9.97. The number of nitrogens with one attached hydrogen (secondary N) is 1. The Balaban J connectivity index is 1.17. The van der Waals surface area contributed by atoms with Crippen LogP contribution in [0.25, 0.3) is 10.9 Å². The van der Waals surface area contributed by atoms with Gasteiger partial charge in [-0.3, -0.25) is 24.1 Å². The first kappa shape index (κ1) is 24.3. The molecule has 0 saturated carbocycles. The average molecular weight is 481 g/mol. The number of likely N-dealkylation sites (N-methyl/N-ethyl adjacent to an activating group) is 1.